The molecule has 0 heterocycles. The molecule has 0 unspecified atom stereocenters. The van der Waals surface area contributed by atoms with Gasteiger partial charge in [0.2, 0.25) is 0 Å². The number of halogens is 2. The summed E-state index contributed by atoms with van der Waals surface area (Å²) in [7, 11) is 0. The van der Waals surface area contributed by atoms with Gasteiger partial charge in [-0.05, 0) is 24.1 Å². The van der Waals surface area contributed by atoms with Crippen molar-refractivity contribution in [3.8, 4) is 0 Å². The molecule has 1 aromatic carbocycles. The van der Waals surface area contributed by atoms with Gasteiger partial charge in [-0.3, -0.25) is 5.84 Å². The summed E-state index contributed by atoms with van der Waals surface area (Å²) in [6, 6.07) is 8.33. The van der Waals surface area contributed by atoms with Crippen molar-refractivity contribution >= 4 is 15.9 Å². The minimum atomic E-state index is 0. The Kier molecular flexibility index (Phi) is 6.38. The normalized spacial score (nSPS) is 9.17. The fourth-order valence-electron chi connectivity index (χ4n) is 0.884. The SMILES string of the molecule is [Cl-].[NH3+]NCCc1ccc(Br)cc1. The Labute approximate surface area is 87.0 Å². The number of nitrogens with one attached hydrogen (secondary N) is 1. The highest BCUT2D eigenvalue weighted by Gasteiger charge is 1.91. The van der Waals surface area contributed by atoms with Crippen LogP contribution in [0.1, 0.15) is 5.56 Å². The average Bonchev–Trinajstić information content (AvgIpc) is 2.04. The van der Waals surface area contributed by atoms with Crippen molar-refractivity contribution < 1.29 is 18.2 Å². The summed E-state index contributed by atoms with van der Waals surface area (Å²) in [4.78, 5) is 0. The van der Waals surface area contributed by atoms with E-state index in [9.17, 15) is 0 Å². The zero-order chi connectivity index (χ0) is 8.10. The molecule has 0 spiro atoms. The first kappa shape index (κ1) is 11.9. The summed E-state index contributed by atoms with van der Waals surface area (Å²) in [5.41, 5.74) is 4.21. The maximum atomic E-state index is 3.56. The molecule has 0 saturated carbocycles. The van der Waals surface area contributed by atoms with E-state index in [4.69, 9.17) is 0 Å². The van der Waals surface area contributed by atoms with E-state index in [-0.39, 0.29) is 12.4 Å². The van der Waals surface area contributed by atoms with Crippen molar-refractivity contribution in [2.75, 3.05) is 6.54 Å². The van der Waals surface area contributed by atoms with Crippen molar-refractivity contribution in [3.63, 3.8) is 0 Å². The van der Waals surface area contributed by atoms with Gasteiger partial charge in [0.1, 0.15) is 0 Å². The number of benzene rings is 1. The number of hydrogen-bond donors (Lipinski definition) is 2. The van der Waals surface area contributed by atoms with Gasteiger partial charge in [0.15, 0.2) is 0 Å². The lowest BCUT2D eigenvalue weighted by molar-refractivity contribution is -0.442. The highest BCUT2D eigenvalue weighted by atomic mass is 79.9. The van der Waals surface area contributed by atoms with Gasteiger partial charge in [-0.1, -0.05) is 28.1 Å². The van der Waals surface area contributed by atoms with Crippen molar-refractivity contribution in [2.24, 2.45) is 0 Å². The van der Waals surface area contributed by atoms with Crippen LogP contribution in [-0.4, -0.2) is 6.54 Å². The van der Waals surface area contributed by atoms with Gasteiger partial charge in [0.25, 0.3) is 0 Å². The molecule has 0 amide bonds. The van der Waals surface area contributed by atoms with Crippen LogP contribution in [0, 0.1) is 0 Å². The van der Waals surface area contributed by atoms with E-state index in [1.807, 2.05) is 0 Å². The Balaban J connectivity index is 0.00000121. The van der Waals surface area contributed by atoms with Crippen molar-refractivity contribution in [3.05, 3.63) is 34.3 Å². The lowest BCUT2D eigenvalue weighted by Gasteiger charge is -1.98. The molecule has 0 aliphatic carbocycles. The molecule has 12 heavy (non-hydrogen) atoms. The van der Waals surface area contributed by atoms with Crippen LogP contribution in [0.15, 0.2) is 28.7 Å². The predicted molar refractivity (Wildman–Crippen MR) is 48.7 cm³/mol. The third-order valence-corrected chi connectivity index (χ3v) is 2.03. The molecular formula is C8H12BrClN2. The van der Waals surface area contributed by atoms with E-state index >= 15 is 0 Å². The second kappa shape index (κ2) is 6.43. The molecule has 0 aliphatic heterocycles. The van der Waals surface area contributed by atoms with E-state index in [1.165, 1.54) is 5.56 Å². The van der Waals surface area contributed by atoms with Crippen LogP contribution in [-0.2, 0) is 6.42 Å². The minimum Gasteiger partial charge on any atom is -1.00 e. The Morgan fingerprint density at radius 1 is 1.25 bits per heavy atom. The fourth-order valence-corrected chi connectivity index (χ4v) is 1.15. The third-order valence-electron chi connectivity index (χ3n) is 1.50. The van der Waals surface area contributed by atoms with Crippen LogP contribution in [0.5, 0.6) is 0 Å². The average molecular weight is 252 g/mol. The van der Waals surface area contributed by atoms with E-state index in [2.05, 4.69) is 51.5 Å². The molecule has 4 N–H and O–H groups in total. The molecule has 2 nitrogen and oxygen atoms in total. The Morgan fingerprint density at radius 2 is 1.83 bits per heavy atom. The molecule has 1 rings (SSSR count). The highest BCUT2D eigenvalue weighted by molar-refractivity contribution is 9.10. The molecule has 4 heteroatoms. The predicted octanol–water partition coefficient (Wildman–Crippen LogP) is -2.26. The summed E-state index contributed by atoms with van der Waals surface area (Å²) < 4.78 is 1.13. The minimum absolute atomic E-state index is 0. The Bertz CT molecular complexity index is 213. The summed E-state index contributed by atoms with van der Waals surface area (Å²) in [5.74, 6) is 3.56. The maximum Gasteiger partial charge on any atom is 0.0483 e. The van der Waals surface area contributed by atoms with Crippen molar-refractivity contribution in [1.82, 2.24) is 5.43 Å². The molecule has 0 radical (unpaired) electrons. The van der Waals surface area contributed by atoms with E-state index in [1.54, 1.807) is 0 Å². The molecule has 1 aromatic rings. The van der Waals surface area contributed by atoms with Gasteiger partial charge in [0.05, 0.1) is 0 Å². The molecular weight excluding hydrogens is 239 g/mol. The Morgan fingerprint density at radius 3 is 2.33 bits per heavy atom. The summed E-state index contributed by atoms with van der Waals surface area (Å²) in [6.07, 6.45) is 1.04. The fraction of sp³-hybridized carbons (Fsp3) is 0.250. The maximum absolute atomic E-state index is 3.56. The smallest absolute Gasteiger partial charge is 0.0483 e. The summed E-state index contributed by atoms with van der Waals surface area (Å²) >= 11 is 3.39. The molecule has 0 aromatic heterocycles. The van der Waals surface area contributed by atoms with Crippen LogP contribution < -0.4 is 23.7 Å². The van der Waals surface area contributed by atoms with Crippen molar-refractivity contribution in [1.29, 1.82) is 0 Å². The van der Waals surface area contributed by atoms with Gasteiger partial charge in [0, 0.05) is 11.0 Å². The standard InChI is InChI=1S/C8H11BrN2.ClH/c9-8-3-1-7(2-4-8)5-6-11-10;/h1-4,11H,5-6,10H2;1H. The van der Waals surface area contributed by atoms with Gasteiger partial charge in [-0.25, -0.2) is 0 Å². The first-order valence-corrected chi connectivity index (χ1v) is 4.36. The summed E-state index contributed by atoms with van der Waals surface area (Å²) in [5, 5.41) is 0. The van der Waals surface area contributed by atoms with Crippen LogP contribution >= 0.6 is 15.9 Å². The molecule has 0 atom stereocenters. The van der Waals surface area contributed by atoms with Gasteiger partial charge >= 0.3 is 0 Å². The lowest BCUT2D eigenvalue weighted by atomic mass is 10.2. The van der Waals surface area contributed by atoms with E-state index in [0.29, 0.717) is 0 Å². The number of hydrogen-bond acceptors (Lipinski definition) is 1. The molecule has 0 fully saturated rings. The second-order valence-corrected chi connectivity index (χ2v) is 3.29. The van der Waals surface area contributed by atoms with Crippen LogP contribution in [0.4, 0.5) is 0 Å². The van der Waals surface area contributed by atoms with Crippen molar-refractivity contribution in [2.45, 2.75) is 6.42 Å². The van der Waals surface area contributed by atoms with Gasteiger partial charge in [-0.2, -0.15) is 5.43 Å². The monoisotopic (exact) mass is 250 g/mol. The molecule has 0 aliphatic rings. The second-order valence-electron chi connectivity index (χ2n) is 2.38. The topological polar surface area (TPSA) is 39.7 Å². The lowest BCUT2D eigenvalue weighted by Crippen LogP contribution is -3.00. The zero-order valence-corrected chi connectivity index (χ0v) is 9.03. The zero-order valence-electron chi connectivity index (χ0n) is 6.69. The van der Waals surface area contributed by atoms with Crippen LogP contribution in [0.25, 0.3) is 0 Å². The van der Waals surface area contributed by atoms with Gasteiger partial charge in [-0.15, -0.1) is 0 Å². The van der Waals surface area contributed by atoms with Crippen LogP contribution in [0.2, 0.25) is 0 Å². The number of rotatable bonds is 3. The number of quaternary nitrogens is 1. The molecule has 0 bridgehead atoms. The summed E-state index contributed by atoms with van der Waals surface area (Å²) in [6.45, 7) is 0.932. The highest BCUT2D eigenvalue weighted by Crippen LogP contribution is 2.10. The van der Waals surface area contributed by atoms with E-state index in [0.717, 1.165) is 17.4 Å². The Hall–Kier alpha value is -0.0900. The first-order valence-electron chi connectivity index (χ1n) is 3.57. The quantitative estimate of drug-likeness (QED) is 0.585. The third kappa shape index (κ3) is 4.07. The molecule has 68 valence electrons. The first-order chi connectivity index (χ1) is 5.33. The molecule has 0 saturated heterocycles. The largest absolute Gasteiger partial charge is 1.00 e. The van der Waals surface area contributed by atoms with E-state index < -0.39 is 0 Å². The van der Waals surface area contributed by atoms with Gasteiger partial charge < -0.3 is 12.4 Å². The van der Waals surface area contributed by atoms with Crippen LogP contribution in [0.3, 0.4) is 0 Å².